The van der Waals surface area contributed by atoms with Gasteiger partial charge in [-0.2, -0.15) is 13.2 Å². The number of carbonyl (C=O) groups excluding carboxylic acids is 1. The van der Waals surface area contributed by atoms with Gasteiger partial charge in [0.1, 0.15) is 6.54 Å². The fourth-order valence-electron chi connectivity index (χ4n) is 1.78. The first-order valence-corrected chi connectivity index (χ1v) is 6.46. The molecule has 0 spiro atoms. The van der Waals surface area contributed by atoms with Gasteiger partial charge < -0.3 is 10.2 Å². The molecule has 1 aromatic carbocycles. The van der Waals surface area contributed by atoms with E-state index in [1.807, 2.05) is 6.92 Å². The Hall–Kier alpha value is -1.72. The zero-order valence-electron chi connectivity index (χ0n) is 11.8. The van der Waals surface area contributed by atoms with Crippen molar-refractivity contribution in [2.45, 2.75) is 33.0 Å². The Morgan fingerprint density at radius 1 is 1.25 bits per heavy atom. The van der Waals surface area contributed by atoms with Crippen molar-refractivity contribution < 1.29 is 18.0 Å². The minimum Gasteiger partial charge on any atom is -0.385 e. The zero-order valence-corrected chi connectivity index (χ0v) is 11.8. The SMILES string of the molecule is CCNc1ccc(C(=O)N(CC(F)(F)F)C(C)C)cc1. The molecule has 0 fully saturated rings. The lowest BCUT2D eigenvalue weighted by molar-refractivity contribution is -0.143. The Kier molecular flexibility index (Phi) is 5.42. The molecule has 112 valence electrons. The van der Waals surface area contributed by atoms with Gasteiger partial charge in [0.2, 0.25) is 0 Å². The van der Waals surface area contributed by atoms with Gasteiger partial charge in [0.15, 0.2) is 0 Å². The molecule has 0 aromatic heterocycles. The number of amides is 1. The van der Waals surface area contributed by atoms with E-state index in [2.05, 4.69) is 5.32 Å². The number of alkyl halides is 3. The number of anilines is 1. The standard InChI is InChI=1S/C14H19F3N2O/c1-4-18-12-7-5-11(6-8-12)13(20)19(10(2)3)9-14(15,16)17/h5-8,10,18H,4,9H2,1-3H3. The van der Waals surface area contributed by atoms with Crippen molar-refractivity contribution in [1.29, 1.82) is 0 Å². The molecule has 0 aliphatic carbocycles. The van der Waals surface area contributed by atoms with Crippen LogP contribution in [0.5, 0.6) is 0 Å². The van der Waals surface area contributed by atoms with Crippen LogP contribution in [-0.4, -0.2) is 36.1 Å². The number of nitrogens with zero attached hydrogens (tertiary/aromatic N) is 1. The van der Waals surface area contributed by atoms with E-state index < -0.39 is 24.7 Å². The second-order valence-corrected chi connectivity index (χ2v) is 4.75. The zero-order chi connectivity index (χ0) is 15.3. The molecule has 0 saturated heterocycles. The van der Waals surface area contributed by atoms with Gasteiger partial charge in [-0.1, -0.05) is 0 Å². The molecular weight excluding hydrogens is 269 g/mol. The van der Waals surface area contributed by atoms with Gasteiger partial charge >= 0.3 is 6.18 Å². The van der Waals surface area contributed by atoms with Crippen molar-refractivity contribution in [2.24, 2.45) is 0 Å². The van der Waals surface area contributed by atoms with Crippen molar-refractivity contribution in [3.63, 3.8) is 0 Å². The maximum absolute atomic E-state index is 12.5. The van der Waals surface area contributed by atoms with E-state index in [1.54, 1.807) is 26.0 Å². The lowest BCUT2D eigenvalue weighted by Gasteiger charge is -2.27. The van der Waals surface area contributed by atoms with Crippen molar-refractivity contribution in [3.05, 3.63) is 29.8 Å². The first-order chi connectivity index (χ1) is 9.24. The molecule has 6 heteroatoms. The second-order valence-electron chi connectivity index (χ2n) is 4.75. The highest BCUT2D eigenvalue weighted by molar-refractivity contribution is 5.94. The number of halogens is 3. The minimum atomic E-state index is -4.40. The third-order valence-electron chi connectivity index (χ3n) is 2.75. The molecule has 0 unspecified atom stereocenters. The summed E-state index contributed by atoms with van der Waals surface area (Å²) < 4.78 is 37.5. The van der Waals surface area contributed by atoms with E-state index in [0.717, 1.165) is 17.1 Å². The molecule has 0 atom stereocenters. The van der Waals surface area contributed by atoms with Crippen molar-refractivity contribution >= 4 is 11.6 Å². The Balaban J connectivity index is 2.89. The number of hydrogen-bond acceptors (Lipinski definition) is 2. The monoisotopic (exact) mass is 288 g/mol. The Morgan fingerprint density at radius 2 is 1.80 bits per heavy atom. The molecule has 20 heavy (non-hydrogen) atoms. The number of benzene rings is 1. The van der Waals surface area contributed by atoms with Gasteiger partial charge in [-0.3, -0.25) is 4.79 Å². The number of hydrogen-bond donors (Lipinski definition) is 1. The first kappa shape index (κ1) is 16.3. The molecule has 0 heterocycles. The number of carbonyl (C=O) groups is 1. The van der Waals surface area contributed by atoms with Gasteiger partial charge in [-0.25, -0.2) is 0 Å². The highest BCUT2D eigenvalue weighted by Gasteiger charge is 2.34. The third-order valence-corrected chi connectivity index (χ3v) is 2.75. The molecule has 3 nitrogen and oxygen atoms in total. The topological polar surface area (TPSA) is 32.3 Å². The number of nitrogens with one attached hydrogen (secondary N) is 1. The first-order valence-electron chi connectivity index (χ1n) is 6.46. The summed E-state index contributed by atoms with van der Waals surface area (Å²) >= 11 is 0. The van der Waals surface area contributed by atoms with Gasteiger partial charge in [0, 0.05) is 23.8 Å². The summed E-state index contributed by atoms with van der Waals surface area (Å²) in [4.78, 5) is 13.0. The Morgan fingerprint density at radius 3 is 2.20 bits per heavy atom. The summed E-state index contributed by atoms with van der Waals surface area (Å²) in [7, 11) is 0. The van der Waals surface area contributed by atoms with Crippen LogP contribution in [0, 0.1) is 0 Å². The molecule has 0 radical (unpaired) electrons. The molecule has 1 rings (SSSR count). The van der Waals surface area contributed by atoms with E-state index >= 15 is 0 Å². The van der Waals surface area contributed by atoms with Crippen LogP contribution in [0.3, 0.4) is 0 Å². The van der Waals surface area contributed by atoms with Crippen molar-refractivity contribution in [2.75, 3.05) is 18.4 Å². The quantitative estimate of drug-likeness (QED) is 0.899. The number of rotatable bonds is 5. The molecule has 0 bridgehead atoms. The lowest BCUT2D eigenvalue weighted by atomic mass is 10.1. The second kappa shape index (κ2) is 6.63. The highest BCUT2D eigenvalue weighted by atomic mass is 19.4. The fourth-order valence-corrected chi connectivity index (χ4v) is 1.78. The highest BCUT2D eigenvalue weighted by Crippen LogP contribution is 2.20. The Labute approximate surface area is 116 Å². The lowest BCUT2D eigenvalue weighted by Crippen LogP contribution is -2.43. The fraction of sp³-hybridized carbons (Fsp3) is 0.500. The van der Waals surface area contributed by atoms with Crippen LogP contribution in [-0.2, 0) is 0 Å². The molecule has 0 saturated carbocycles. The van der Waals surface area contributed by atoms with Gasteiger partial charge in [-0.15, -0.1) is 0 Å². The molecule has 0 aliphatic heterocycles. The normalized spacial score (nSPS) is 11.6. The predicted octanol–water partition coefficient (Wildman–Crippen LogP) is 3.53. The molecule has 1 N–H and O–H groups in total. The van der Waals surface area contributed by atoms with Crippen LogP contribution < -0.4 is 5.32 Å². The van der Waals surface area contributed by atoms with E-state index in [9.17, 15) is 18.0 Å². The van der Waals surface area contributed by atoms with E-state index in [1.165, 1.54) is 12.1 Å². The van der Waals surface area contributed by atoms with Gasteiger partial charge in [0.05, 0.1) is 0 Å². The van der Waals surface area contributed by atoms with Crippen LogP contribution in [0.2, 0.25) is 0 Å². The van der Waals surface area contributed by atoms with Crippen LogP contribution in [0.25, 0.3) is 0 Å². The van der Waals surface area contributed by atoms with Crippen LogP contribution >= 0.6 is 0 Å². The minimum absolute atomic E-state index is 0.254. The summed E-state index contributed by atoms with van der Waals surface area (Å²) in [5, 5.41) is 3.06. The van der Waals surface area contributed by atoms with Crippen LogP contribution in [0.15, 0.2) is 24.3 Å². The average Bonchev–Trinajstić information content (AvgIpc) is 2.35. The summed E-state index contributed by atoms with van der Waals surface area (Å²) in [6.45, 7) is 4.56. The average molecular weight is 288 g/mol. The largest absolute Gasteiger partial charge is 0.406 e. The summed E-state index contributed by atoms with van der Waals surface area (Å²) in [6, 6.07) is 5.92. The Bertz CT molecular complexity index is 441. The van der Waals surface area contributed by atoms with Crippen molar-refractivity contribution in [1.82, 2.24) is 4.90 Å². The van der Waals surface area contributed by atoms with E-state index in [0.29, 0.717) is 0 Å². The van der Waals surface area contributed by atoms with Crippen LogP contribution in [0.4, 0.5) is 18.9 Å². The molecule has 1 amide bonds. The van der Waals surface area contributed by atoms with Gasteiger partial charge in [0.25, 0.3) is 5.91 Å². The van der Waals surface area contributed by atoms with Crippen molar-refractivity contribution in [3.8, 4) is 0 Å². The predicted molar refractivity (Wildman–Crippen MR) is 72.8 cm³/mol. The maximum atomic E-state index is 12.5. The summed E-state index contributed by atoms with van der Waals surface area (Å²) in [6.07, 6.45) is -4.40. The summed E-state index contributed by atoms with van der Waals surface area (Å²) in [5.74, 6) is -0.611. The maximum Gasteiger partial charge on any atom is 0.406 e. The van der Waals surface area contributed by atoms with Crippen LogP contribution in [0.1, 0.15) is 31.1 Å². The smallest absolute Gasteiger partial charge is 0.385 e. The summed E-state index contributed by atoms with van der Waals surface area (Å²) in [5.41, 5.74) is 1.08. The van der Waals surface area contributed by atoms with E-state index in [-0.39, 0.29) is 5.56 Å². The van der Waals surface area contributed by atoms with Gasteiger partial charge in [-0.05, 0) is 45.0 Å². The molecule has 1 aromatic rings. The molecular formula is C14H19F3N2O. The third kappa shape index (κ3) is 4.75. The van der Waals surface area contributed by atoms with E-state index in [4.69, 9.17) is 0 Å². The molecule has 0 aliphatic rings.